The molecule has 1 heterocycles. The largest absolute Gasteiger partial charge is 0.135 e. The van der Waals surface area contributed by atoms with Gasteiger partial charge in [-0.3, -0.25) is 0 Å². The van der Waals surface area contributed by atoms with Crippen molar-refractivity contribution in [1.82, 2.24) is 0 Å². The summed E-state index contributed by atoms with van der Waals surface area (Å²) in [6.07, 6.45) is 0. The first-order chi connectivity index (χ1) is 22.3. The Morgan fingerprint density at radius 2 is 0.733 bits per heavy atom. The Kier molecular flexibility index (Phi) is 5.25. The fraction of sp³-hybridized carbons (Fsp3) is 0. The van der Waals surface area contributed by atoms with E-state index in [1.54, 1.807) is 0 Å². The lowest BCUT2D eigenvalue weighted by Crippen LogP contribution is -1.90. The third-order valence-electron chi connectivity index (χ3n) is 9.63. The van der Waals surface area contributed by atoms with E-state index >= 15 is 0 Å². The van der Waals surface area contributed by atoms with Crippen molar-refractivity contribution in [3.8, 4) is 22.3 Å². The summed E-state index contributed by atoms with van der Waals surface area (Å²) >= 11 is 1.88. The first kappa shape index (κ1) is 24.9. The smallest absolute Gasteiger partial charge is 0.0361 e. The van der Waals surface area contributed by atoms with Gasteiger partial charge in [0.25, 0.3) is 0 Å². The summed E-state index contributed by atoms with van der Waals surface area (Å²) in [7, 11) is 0. The van der Waals surface area contributed by atoms with Gasteiger partial charge in [-0.25, -0.2) is 0 Å². The fourth-order valence-electron chi connectivity index (χ4n) is 7.58. The molecular formula is C44H26S. The van der Waals surface area contributed by atoms with E-state index in [0.717, 1.165) is 0 Å². The van der Waals surface area contributed by atoms with Gasteiger partial charge in [0, 0.05) is 20.2 Å². The van der Waals surface area contributed by atoms with Gasteiger partial charge in [0.1, 0.15) is 0 Å². The Balaban J connectivity index is 1.31. The van der Waals surface area contributed by atoms with Gasteiger partial charge >= 0.3 is 0 Å². The van der Waals surface area contributed by atoms with Crippen molar-refractivity contribution in [2.24, 2.45) is 0 Å². The van der Waals surface area contributed by atoms with Crippen molar-refractivity contribution >= 4 is 85.4 Å². The van der Waals surface area contributed by atoms with Crippen molar-refractivity contribution in [3.05, 3.63) is 158 Å². The second-order valence-corrected chi connectivity index (χ2v) is 13.1. The first-order valence-corrected chi connectivity index (χ1v) is 16.3. The molecule has 0 atom stereocenters. The zero-order valence-corrected chi connectivity index (χ0v) is 25.2. The molecule has 0 N–H and O–H groups in total. The summed E-state index contributed by atoms with van der Waals surface area (Å²) in [5.74, 6) is 0. The van der Waals surface area contributed by atoms with Gasteiger partial charge in [-0.05, 0) is 106 Å². The minimum Gasteiger partial charge on any atom is -0.135 e. The molecule has 1 aromatic heterocycles. The van der Waals surface area contributed by atoms with Crippen LogP contribution < -0.4 is 0 Å². The number of thiophene rings is 1. The summed E-state index contributed by atoms with van der Waals surface area (Å²) in [5, 5.41) is 15.6. The quantitative estimate of drug-likeness (QED) is 0.177. The summed E-state index contributed by atoms with van der Waals surface area (Å²) < 4.78 is 2.68. The second kappa shape index (κ2) is 9.50. The third kappa shape index (κ3) is 3.65. The van der Waals surface area contributed by atoms with Crippen molar-refractivity contribution in [2.75, 3.05) is 0 Å². The first-order valence-electron chi connectivity index (χ1n) is 15.5. The Bertz CT molecular complexity index is 2820. The van der Waals surface area contributed by atoms with Crippen molar-refractivity contribution in [1.29, 1.82) is 0 Å². The second-order valence-electron chi connectivity index (χ2n) is 12.0. The average Bonchev–Trinajstić information content (AvgIpc) is 3.48. The van der Waals surface area contributed by atoms with E-state index in [4.69, 9.17) is 0 Å². The number of fused-ring (bicyclic) bond motifs is 11. The Hall–Kier alpha value is -5.50. The van der Waals surface area contributed by atoms with E-state index in [1.807, 2.05) is 11.3 Å². The van der Waals surface area contributed by atoms with Gasteiger partial charge in [-0.1, -0.05) is 127 Å². The van der Waals surface area contributed by atoms with Crippen LogP contribution in [-0.2, 0) is 0 Å². The molecule has 0 saturated carbocycles. The van der Waals surface area contributed by atoms with Crippen LogP contribution in [-0.4, -0.2) is 0 Å². The molecular weight excluding hydrogens is 561 g/mol. The maximum atomic E-state index is 2.45. The van der Waals surface area contributed by atoms with Crippen LogP contribution in [0, 0.1) is 0 Å². The molecule has 0 nitrogen and oxygen atoms in total. The number of benzene rings is 9. The van der Waals surface area contributed by atoms with Gasteiger partial charge in [0.05, 0.1) is 0 Å². The van der Waals surface area contributed by atoms with Crippen molar-refractivity contribution < 1.29 is 0 Å². The Morgan fingerprint density at radius 3 is 1.42 bits per heavy atom. The van der Waals surface area contributed by atoms with Crippen molar-refractivity contribution in [3.63, 3.8) is 0 Å². The van der Waals surface area contributed by atoms with Gasteiger partial charge < -0.3 is 0 Å². The SMILES string of the molecule is c1ccc2c(c1)cc(-c1cc3c4ccccc4c(-c4ccc5c(c4)sc4ccccc45)cc3c3ccccc13)c1ccccc12. The van der Waals surface area contributed by atoms with Crippen LogP contribution in [0.3, 0.4) is 0 Å². The van der Waals surface area contributed by atoms with Crippen LogP contribution >= 0.6 is 11.3 Å². The molecule has 0 spiro atoms. The molecule has 45 heavy (non-hydrogen) atoms. The van der Waals surface area contributed by atoms with Crippen LogP contribution in [0.15, 0.2) is 158 Å². The number of hydrogen-bond donors (Lipinski definition) is 0. The molecule has 0 radical (unpaired) electrons. The maximum Gasteiger partial charge on any atom is 0.0361 e. The van der Waals surface area contributed by atoms with E-state index < -0.39 is 0 Å². The maximum absolute atomic E-state index is 2.45. The molecule has 0 unspecified atom stereocenters. The summed E-state index contributed by atoms with van der Waals surface area (Å²) in [6.45, 7) is 0. The van der Waals surface area contributed by atoms with Crippen LogP contribution in [0.25, 0.3) is 96.3 Å². The highest BCUT2D eigenvalue weighted by molar-refractivity contribution is 7.25. The molecule has 0 fully saturated rings. The highest BCUT2D eigenvalue weighted by atomic mass is 32.1. The third-order valence-corrected chi connectivity index (χ3v) is 10.8. The van der Waals surface area contributed by atoms with Gasteiger partial charge in [0.2, 0.25) is 0 Å². The normalized spacial score (nSPS) is 12.0. The molecule has 1 heteroatoms. The van der Waals surface area contributed by atoms with Crippen LogP contribution in [0.5, 0.6) is 0 Å². The summed E-state index contributed by atoms with van der Waals surface area (Å²) in [6, 6.07) is 58.6. The van der Waals surface area contributed by atoms with E-state index in [2.05, 4.69) is 158 Å². The fourth-order valence-corrected chi connectivity index (χ4v) is 8.73. The molecule has 9 aromatic carbocycles. The van der Waals surface area contributed by atoms with Crippen LogP contribution in [0.4, 0.5) is 0 Å². The minimum atomic E-state index is 1.26. The lowest BCUT2D eigenvalue weighted by molar-refractivity contribution is 1.71. The van der Waals surface area contributed by atoms with E-state index in [0.29, 0.717) is 0 Å². The van der Waals surface area contributed by atoms with Crippen LogP contribution in [0.1, 0.15) is 0 Å². The van der Waals surface area contributed by atoms with Crippen LogP contribution in [0.2, 0.25) is 0 Å². The van der Waals surface area contributed by atoms with E-state index in [1.165, 1.54) is 96.3 Å². The van der Waals surface area contributed by atoms with Gasteiger partial charge in [-0.15, -0.1) is 11.3 Å². The van der Waals surface area contributed by atoms with E-state index in [9.17, 15) is 0 Å². The predicted molar refractivity (Wildman–Crippen MR) is 198 cm³/mol. The standard InChI is InChI=1S/C44H26S/c1-2-12-29-27(11-1)23-39(32-15-5-3-13-30(29)32)41-26-42-33-16-6-4-14-31(33)38(25-40(42)34-17-7-8-18-35(34)41)28-21-22-37-36-19-9-10-20-43(36)45-44(37)24-28/h1-26H. The van der Waals surface area contributed by atoms with Gasteiger partial charge in [-0.2, -0.15) is 0 Å². The zero-order valence-electron chi connectivity index (χ0n) is 24.4. The molecule has 10 rings (SSSR count). The zero-order chi connectivity index (χ0) is 29.5. The molecule has 0 saturated heterocycles. The number of rotatable bonds is 2. The summed E-state index contributed by atoms with van der Waals surface area (Å²) in [5.41, 5.74) is 5.11. The van der Waals surface area contributed by atoms with Gasteiger partial charge in [0.15, 0.2) is 0 Å². The minimum absolute atomic E-state index is 1.26. The molecule has 0 bridgehead atoms. The summed E-state index contributed by atoms with van der Waals surface area (Å²) in [4.78, 5) is 0. The molecule has 0 aliphatic rings. The molecule has 10 aromatic rings. The number of hydrogen-bond acceptors (Lipinski definition) is 1. The average molecular weight is 587 g/mol. The lowest BCUT2D eigenvalue weighted by atomic mass is 9.86. The highest BCUT2D eigenvalue weighted by Crippen LogP contribution is 2.45. The van der Waals surface area contributed by atoms with Crippen molar-refractivity contribution in [2.45, 2.75) is 0 Å². The molecule has 0 aliphatic carbocycles. The highest BCUT2D eigenvalue weighted by Gasteiger charge is 2.17. The Labute approximate surface area is 264 Å². The topological polar surface area (TPSA) is 0 Å². The molecule has 0 amide bonds. The lowest BCUT2D eigenvalue weighted by Gasteiger charge is -2.18. The predicted octanol–water partition coefficient (Wildman–Crippen LogP) is 13.2. The monoisotopic (exact) mass is 586 g/mol. The molecule has 0 aliphatic heterocycles. The molecule has 208 valence electrons. The van der Waals surface area contributed by atoms with E-state index in [-0.39, 0.29) is 0 Å². The Morgan fingerprint density at radius 1 is 0.267 bits per heavy atom.